The molecule has 0 saturated heterocycles. The Bertz CT molecular complexity index is 561. The first-order valence-electron chi connectivity index (χ1n) is 7.10. The molecule has 0 radical (unpaired) electrons. The van der Waals surface area contributed by atoms with Crippen LogP contribution in [0.2, 0.25) is 0 Å². The number of nitrogens with one attached hydrogen (secondary N) is 1. The zero-order valence-electron chi connectivity index (χ0n) is 11.8. The van der Waals surface area contributed by atoms with Gasteiger partial charge in [0, 0.05) is 16.8 Å². The number of hydrogen-bond acceptors (Lipinski definition) is 4. The van der Waals surface area contributed by atoms with Crippen molar-refractivity contribution in [3.05, 3.63) is 31.7 Å². The van der Waals surface area contributed by atoms with Crippen LogP contribution in [-0.4, -0.2) is 21.5 Å². The van der Waals surface area contributed by atoms with Crippen molar-refractivity contribution in [3.8, 4) is 0 Å². The van der Waals surface area contributed by atoms with Crippen LogP contribution in [0.1, 0.15) is 46.8 Å². The fraction of sp³-hybridized carbons (Fsp3) is 0.571. The Morgan fingerprint density at radius 1 is 1.45 bits per heavy atom. The summed E-state index contributed by atoms with van der Waals surface area (Å²) >= 11 is 5.47. The van der Waals surface area contributed by atoms with Crippen molar-refractivity contribution in [2.24, 2.45) is 7.05 Å². The van der Waals surface area contributed by atoms with E-state index in [4.69, 9.17) is 0 Å². The van der Waals surface area contributed by atoms with Crippen LogP contribution in [-0.2, 0) is 19.9 Å². The summed E-state index contributed by atoms with van der Waals surface area (Å²) in [6.07, 6.45) is 5.13. The summed E-state index contributed by atoms with van der Waals surface area (Å²) in [6.45, 7) is 3.06. The number of hydrogen-bond donors (Lipinski definition) is 1. The summed E-state index contributed by atoms with van der Waals surface area (Å²) in [6, 6.07) is 2.55. The maximum atomic E-state index is 4.12. The van der Waals surface area contributed by atoms with Crippen LogP contribution in [0.4, 0.5) is 0 Å². The van der Waals surface area contributed by atoms with Crippen molar-refractivity contribution in [2.75, 3.05) is 6.54 Å². The molecule has 0 amide bonds. The van der Waals surface area contributed by atoms with E-state index in [-0.39, 0.29) is 6.04 Å². The Morgan fingerprint density at radius 2 is 2.25 bits per heavy atom. The molecule has 2 aromatic rings. The molecule has 0 bridgehead atoms. The van der Waals surface area contributed by atoms with Gasteiger partial charge < -0.3 is 5.32 Å². The van der Waals surface area contributed by atoms with Crippen LogP contribution < -0.4 is 5.32 Å². The number of rotatable bonds is 4. The molecule has 0 aromatic carbocycles. The second-order valence-electron chi connectivity index (χ2n) is 5.18. The van der Waals surface area contributed by atoms with Crippen molar-refractivity contribution in [2.45, 2.75) is 38.6 Å². The van der Waals surface area contributed by atoms with E-state index in [9.17, 15) is 0 Å². The Kier molecular flexibility index (Phi) is 4.23. The van der Waals surface area contributed by atoms with Gasteiger partial charge in [-0.15, -0.1) is 16.4 Å². The summed E-state index contributed by atoms with van der Waals surface area (Å²) in [5, 5.41) is 11.8. The Balaban J connectivity index is 2.00. The maximum absolute atomic E-state index is 4.12. The van der Waals surface area contributed by atoms with Gasteiger partial charge in [-0.25, -0.2) is 4.68 Å². The number of nitrogens with zero attached hydrogens (tertiary/aromatic N) is 3. The molecule has 1 atom stereocenters. The first-order chi connectivity index (χ1) is 9.70. The topological polar surface area (TPSA) is 42.7 Å². The van der Waals surface area contributed by atoms with Crippen LogP contribution in [0.5, 0.6) is 0 Å². The lowest BCUT2D eigenvalue weighted by Crippen LogP contribution is -2.23. The van der Waals surface area contributed by atoms with Gasteiger partial charge in [0.2, 0.25) is 0 Å². The van der Waals surface area contributed by atoms with Crippen LogP contribution >= 0.6 is 27.3 Å². The molecule has 4 nitrogen and oxygen atoms in total. The van der Waals surface area contributed by atoms with Gasteiger partial charge >= 0.3 is 0 Å². The fourth-order valence-electron chi connectivity index (χ4n) is 2.84. The van der Waals surface area contributed by atoms with Gasteiger partial charge in [-0.2, -0.15) is 0 Å². The van der Waals surface area contributed by atoms with Crippen LogP contribution in [0, 0.1) is 0 Å². The molecule has 0 spiro atoms. The van der Waals surface area contributed by atoms with Crippen molar-refractivity contribution in [1.82, 2.24) is 20.3 Å². The van der Waals surface area contributed by atoms with E-state index in [0.717, 1.165) is 16.8 Å². The van der Waals surface area contributed by atoms with E-state index >= 15 is 0 Å². The van der Waals surface area contributed by atoms with E-state index < -0.39 is 0 Å². The summed E-state index contributed by atoms with van der Waals surface area (Å²) in [5.74, 6) is 0. The molecular formula is C14H19BrN4S. The molecule has 1 aliphatic carbocycles. The third-order valence-electron chi connectivity index (χ3n) is 3.81. The third-order valence-corrected chi connectivity index (χ3v) is 5.68. The lowest BCUT2D eigenvalue weighted by atomic mass is 9.98. The SMILES string of the molecule is CCNC(c1cc2c(s1)CCCC2)c1c(Br)nnn1C. The summed E-state index contributed by atoms with van der Waals surface area (Å²) in [7, 11) is 1.95. The monoisotopic (exact) mass is 354 g/mol. The van der Waals surface area contributed by atoms with Crippen LogP contribution in [0.15, 0.2) is 10.7 Å². The summed E-state index contributed by atoms with van der Waals surface area (Å²) in [4.78, 5) is 2.95. The first kappa shape index (κ1) is 14.2. The number of thiophene rings is 1. The predicted molar refractivity (Wildman–Crippen MR) is 85.2 cm³/mol. The molecule has 108 valence electrons. The highest BCUT2D eigenvalue weighted by atomic mass is 79.9. The van der Waals surface area contributed by atoms with Crippen LogP contribution in [0.3, 0.4) is 0 Å². The molecule has 2 heterocycles. The maximum Gasteiger partial charge on any atom is 0.153 e. The molecular weight excluding hydrogens is 336 g/mol. The van der Waals surface area contributed by atoms with Crippen molar-refractivity contribution >= 4 is 27.3 Å². The molecule has 3 rings (SSSR count). The van der Waals surface area contributed by atoms with Gasteiger partial charge in [0.05, 0.1) is 11.7 Å². The van der Waals surface area contributed by atoms with Gasteiger partial charge in [-0.1, -0.05) is 12.1 Å². The normalized spacial score (nSPS) is 16.1. The highest BCUT2D eigenvalue weighted by molar-refractivity contribution is 9.10. The minimum absolute atomic E-state index is 0.171. The van der Waals surface area contributed by atoms with Crippen molar-refractivity contribution < 1.29 is 0 Å². The molecule has 1 aliphatic rings. The Labute approximate surface area is 131 Å². The number of aryl methyl sites for hydroxylation is 3. The minimum Gasteiger partial charge on any atom is -0.305 e. The minimum atomic E-state index is 0.171. The number of aromatic nitrogens is 3. The molecule has 2 aromatic heterocycles. The average Bonchev–Trinajstić information content (AvgIpc) is 3.01. The lowest BCUT2D eigenvalue weighted by molar-refractivity contribution is 0.573. The van der Waals surface area contributed by atoms with E-state index in [1.807, 2.05) is 23.1 Å². The second kappa shape index (κ2) is 5.95. The lowest BCUT2D eigenvalue weighted by Gasteiger charge is -2.16. The predicted octanol–water partition coefficient (Wildman–Crippen LogP) is 3.22. The van der Waals surface area contributed by atoms with Gasteiger partial charge in [0.1, 0.15) is 0 Å². The first-order valence-corrected chi connectivity index (χ1v) is 8.71. The molecule has 0 saturated carbocycles. The Hall–Kier alpha value is -0.720. The molecule has 20 heavy (non-hydrogen) atoms. The zero-order chi connectivity index (χ0) is 14.1. The smallest absolute Gasteiger partial charge is 0.153 e. The standard InChI is InChI=1S/C14H19BrN4S/c1-3-16-12(13-14(15)17-18-19(13)2)11-8-9-6-4-5-7-10(9)20-11/h8,12,16H,3-7H2,1-2H3. The van der Waals surface area contributed by atoms with Crippen LogP contribution in [0.25, 0.3) is 0 Å². The van der Waals surface area contributed by atoms with Crippen molar-refractivity contribution in [1.29, 1.82) is 0 Å². The molecule has 1 unspecified atom stereocenters. The largest absolute Gasteiger partial charge is 0.305 e. The van der Waals surface area contributed by atoms with Crippen molar-refractivity contribution in [3.63, 3.8) is 0 Å². The molecule has 1 N–H and O–H groups in total. The van der Waals surface area contributed by atoms with E-state index in [1.54, 1.807) is 10.4 Å². The van der Waals surface area contributed by atoms with Gasteiger partial charge in [-0.05, 0) is 59.8 Å². The van der Waals surface area contributed by atoms with Gasteiger partial charge in [0.25, 0.3) is 0 Å². The van der Waals surface area contributed by atoms with E-state index in [2.05, 4.69) is 44.5 Å². The Morgan fingerprint density at radius 3 is 2.90 bits per heavy atom. The number of fused-ring (bicyclic) bond motifs is 1. The molecule has 0 fully saturated rings. The summed E-state index contributed by atoms with van der Waals surface area (Å²) < 4.78 is 2.69. The van der Waals surface area contributed by atoms with Gasteiger partial charge in [-0.3, -0.25) is 0 Å². The molecule has 6 heteroatoms. The fourth-order valence-corrected chi connectivity index (χ4v) is 4.73. The highest BCUT2D eigenvalue weighted by Gasteiger charge is 2.25. The second-order valence-corrected chi connectivity index (χ2v) is 7.10. The van der Waals surface area contributed by atoms with E-state index in [1.165, 1.54) is 30.6 Å². The third kappa shape index (κ3) is 2.56. The quantitative estimate of drug-likeness (QED) is 0.916. The summed E-state index contributed by atoms with van der Waals surface area (Å²) in [5.41, 5.74) is 2.65. The average molecular weight is 355 g/mol. The highest BCUT2D eigenvalue weighted by Crippen LogP contribution is 2.36. The van der Waals surface area contributed by atoms with Gasteiger partial charge in [0.15, 0.2) is 4.60 Å². The van der Waals surface area contributed by atoms with E-state index in [0.29, 0.717) is 0 Å². The molecule has 0 aliphatic heterocycles. The number of halogens is 1. The zero-order valence-corrected chi connectivity index (χ0v) is 14.2.